The minimum atomic E-state index is 0.00153. The second kappa shape index (κ2) is 8.17. The van der Waals surface area contributed by atoms with Gasteiger partial charge in [-0.15, -0.1) is 11.3 Å². The van der Waals surface area contributed by atoms with Crippen molar-refractivity contribution < 1.29 is 14.2 Å². The molecule has 2 aliphatic rings. The average molecular weight is 439 g/mol. The number of likely N-dealkylation sites (N-methyl/N-ethyl adjacent to an activating group) is 1. The molecule has 1 aromatic carbocycles. The van der Waals surface area contributed by atoms with E-state index in [2.05, 4.69) is 44.9 Å². The van der Waals surface area contributed by atoms with Crippen LogP contribution in [0.2, 0.25) is 0 Å². The van der Waals surface area contributed by atoms with Crippen molar-refractivity contribution in [3.63, 3.8) is 0 Å². The summed E-state index contributed by atoms with van der Waals surface area (Å²) in [5, 5.41) is 0. The molecule has 2 aliphatic heterocycles. The van der Waals surface area contributed by atoms with Gasteiger partial charge in [0.1, 0.15) is 6.10 Å². The van der Waals surface area contributed by atoms with E-state index < -0.39 is 0 Å². The van der Waals surface area contributed by atoms with Gasteiger partial charge in [0.15, 0.2) is 11.5 Å². The highest BCUT2D eigenvalue weighted by molar-refractivity contribution is 9.11. The first-order chi connectivity index (χ1) is 12.7. The number of rotatable bonds is 6. The fourth-order valence-corrected chi connectivity index (χ4v) is 4.77. The van der Waals surface area contributed by atoms with E-state index >= 15 is 0 Å². The molecule has 3 heterocycles. The van der Waals surface area contributed by atoms with Gasteiger partial charge in [0.05, 0.1) is 3.79 Å². The third kappa shape index (κ3) is 4.17. The first-order valence-electron chi connectivity index (χ1n) is 8.90. The van der Waals surface area contributed by atoms with Gasteiger partial charge in [-0.1, -0.05) is 6.07 Å². The van der Waals surface area contributed by atoms with Gasteiger partial charge < -0.3 is 24.0 Å². The maximum atomic E-state index is 6.42. The van der Waals surface area contributed by atoms with Crippen LogP contribution in [-0.2, 0) is 0 Å². The fraction of sp³-hybridized carbons (Fsp3) is 0.474. The van der Waals surface area contributed by atoms with Crippen molar-refractivity contribution in [1.29, 1.82) is 0 Å². The number of piperazine rings is 1. The molecule has 0 amide bonds. The highest BCUT2D eigenvalue weighted by atomic mass is 79.9. The predicted octanol–water partition coefficient (Wildman–Crippen LogP) is 4.00. The smallest absolute Gasteiger partial charge is 0.231 e. The first-order valence-corrected chi connectivity index (χ1v) is 10.5. The number of thiophene rings is 1. The van der Waals surface area contributed by atoms with Crippen LogP contribution in [0.3, 0.4) is 0 Å². The Morgan fingerprint density at radius 3 is 2.77 bits per heavy atom. The van der Waals surface area contributed by atoms with Crippen LogP contribution in [0, 0.1) is 0 Å². The molecule has 1 fully saturated rings. The lowest BCUT2D eigenvalue weighted by atomic mass is 10.2. The van der Waals surface area contributed by atoms with Crippen molar-refractivity contribution in [2.75, 3.05) is 46.6 Å². The highest BCUT2D eigenvalue weighted by Gasteiger charge is 2.24. The zero-order valence-corrected chi connectivity index (χ0v) is 17.2. The van der Waals surface area contributed by atoms with Crippen LogP contribution in [-0.4, -0.2) is 56.4 Å². The molecule has 0 radical (unpaired) electrons. The van der Waals surface area contributed by atoms with Crippen molar-refractivity contribution in [3.05, 3.63) is 39.0 Å². The summed E-state index contributed by atoms with van der Waals surface area (Å²) in [5.74, 6) is 2.23. The topological polar surface area (TPSA) is 34.2 Å². The molecule has 1 aromatic heterocycles. The molecule has 4 rings (SSSR count). The number of fused-ring (bicyclic) bond motifs is 1. The summed E-state index contributed by atoms with van der Waals surface area (Å²) in [6, 6.07) is 10.0. The third-order valence-corrected chi connectivity index (χ3v) is 6.56. The lowest BCUT2D eigenvalue weighted by Crippen LogP contribution is -2.45. The molecule has 0 spiro atoms. The van der Waals surface area contributed by atoms with Crippen molar-refractivity contribution in [3.8, 4) is 17.2 Å². The first kappa shape index (κ1) is 18.1. The van der Waals surface area contributed by atoms with Crippen molar-refractivity contribution in [2.45, 2.75) is 12.5 Å². The monoisotopic (exact) mass is 438 g/mol. The SMILES string of the molecule is CN1CCN(CCC(Oc2cccc3c2OCO3)c2ccc(Br)s2)CC1. The van der Waals surface area contributed by atoms with Crippen LogP contribution in [0.5, 0.6) is 17.2 Å². The standard InChI is InChI=1S/C19H23BrN2O3S/c1-21-9-11-22(12-10-21)8-7-14(17-5-6-18(20)26-17)25-16-4-2-3-15-19(16)24-13-23-15/h2-6,14H,7-13H2,1H3. The molecule has 1 unspecified atom stereocenters. The fourth-order valence-electron chi connectivity index (χ4n) is 3.28. The Hall–Kier alpha value is -1.28. The van der Waals surface area contributed by atoms with Crippen LogP contribution in [0.25, 0.3) is 0 Å². The number of halogens is 1. The highest BCUT2D eigenvalue weighted by Crippen LogP contribution is 2.43. The molecule has 0 N–H and O–H groups in total. The Labute approximate surface area is 166 Å². The number of ether oxygens (including phenoxy) is 3. The van der Waals surface area contributed by atoms with E-state index in [1.54, 1.807) is 11.3 Å². The Morgan fingerprint density at radius 1 is 1.15 bits per heavy atom. The van der Waals surface area contributed by atoms with Crippen LogP contribution in [0.15, 0.2) is 34.1 Å². The summed E-state index contributed by atoms with van der Waals surface area (Å²) in [4.78, 5) is 6.13. The number of hydrogen-bond donors (Lipinski definition) is 0. The van der Waals surface area contributed by atoms with Crippen molar-refractivity contribution in [1.82, 2.24) is 9.80 Å². The number of nitrogens with zero attached hydrogens (tertiary/aromatic N) is 2. The zero-order valence-electron chi connectivity index (χ0n) is 14.8. The van der Waals surface area contributed by atoms with Gasteiger partial charge >= 0.3 is 0 Å². The van der Waals surface area contributed by atoms with Crippen LogP contribution >= 0.6 is 27.3 Å². The molecular weight excluding hydrogens is 416 g/mol. The van der Waals surface area contributed by atoms with Crippen molar-refractivity contribution >= 4 is 27.3 Å². The second-order valence-electron chi connectivity index (χ2n) is 6.67. The molecule has 7 heteroatoms. The largest absolute Gasteiger partial charge is 0.481 e. The van der Waals surface area contributed by atoms with Crippen molar-refractivity contribution in [2.24, 2.45) is 0 Å². The Kier molecular flexibility index (Phi) is 5.69. The summed E-state index contributed by atoms with van der Waals surface area (Å²) in [6.07, 6.45) is 0.947. The van der Waals surface area contributed by atoms with E-state index in [1.807, 2.05) is 18.2 Å². The molecule has 140 valence electrons. The predicted molar refractivity (Wildman–Crippen MR) is 107 cm³/mol. The zero-order chi connectivity index (χ0) is 17.9. The molecular formula is C19H23BrN2O3S. The number of hydrogen-bond acceptors (Lipinski definition) is 6. The van der Waals surface area contributed by atoms with Gasteiger partial charge in [-0.3, -0.25) is 0 Å². The van der Waals surface area contributed by atoms with Gasteiger partial charge in [-0.05, 0) is 47.2 Å². The molecule has 0 aliphatic carbocycles. The van der Waals surface area contributed by atoms with Gasteiger partial charge in [-0.2, -0.15) is 0 Å². The third-order valence-electron chi connectivity index (χ3n) is 4.84. The molecule has 26 heavy (non-hydrogen) atoms. The molecule has 1 saturated heterocycles. The van der Waals surface area contributed by atoms with Gasteiger partial charge in [0, 0.05) is 44.0 Å². The van der Waals surface area contributed by atoms with E-state index in [0.717, 1.165) is 54.4 Å². The molecule has 2 aromatic rings. The molecule has 0 bridgehead atoms. The molecule has 0 saturated carbocycles. The molecule has 5 nitrogen and oxygen atoms in total. The summed E-state index contributed by atoms with van der Waals surface area (Å²) < 4.78 is 18.6. The van der Waals surface area contributed by atoms with E-state index in [4.69, 9.17) is 14.2 Å². The molecule has 1 atom stereocenters. The van der Waals surface area contributed by atoms with Crippen LogP contribution < -0.4 is 14.2 Å². The van der Waals surface area contributed by atoms with Gasteiger partial charge in [0.2, 0.25) is 12.5 Å². The summed E-state index contributed by atoms with van der Waals surface area (Å²) in [6.45, 7) is 5.79. The second-order valence-corrected chi connectivity index (χ2v) is 9.17. The Morgan fingerprint density at radius 2 is 2.00 bits per heavy atom. The minimum absolute atomic E-state index is 0.00153. The normalized spacial score (nSPS) is 18.8. The average Bonchev–Trinajstić information content (AvgIpc) is 3.29. The van der Waals surface area contributed by atoms with E-state index in [1.165, 1.54) is 4.88 Å². The summed E-state index contributed by atoms with van der Waals surface area (Å²) >= 11 is 5.30. The van der Waals surface area contributed by atoms with Crippen LogP contribution in [0.4, 0.5) is 0 Å². The number of benzene rings is 1. The van der Waals surface area contributed by atoms with Gasteiger partial charge in [-0.25, -0.2) is 0 Å². The van der Waals surface area contributed by atoms with Gasteiger partial charge in [0.25, 0.3) is 0 Å². The maximum absolute atomic E-state index is 6.42. The lowest BCUT2D eigenvalue weighted by Gasteiger charge is -2.33. The summed E-state index contributed by atoms with van der Waals surface area (Å²) in [5.41, 5.74) is 0. The Bertz CT molecular complexity index is 746. The van der Waals surface area contributed by atoms with E-state index in [-0.39, 0.29) is 12.9 Å². The quantitative estimate of drug-likeness (QED) is 0.680. The lowest BCUT2D eigenvalue weighted by molar-refractivity contribution is 0.121. The number of para-hydroxylation sites is 1. The minimum Gasteiger partial charge on any atom is -0.481 e. The summed E-state index contributed by atoms with van der Waals surface area (Å²) in [7, 11) is 2.18. The maximum Gasteiger partial charge on any atom is 0.231 e. The Balaban J connectivity index is 1.48. The van der Waals surface area contributed by atoms with E-state index in [9.17, 15) is 0 Å². The van der Waals surface area contributed by atoms with Crippen LogP contribution in [0.1, 0.15) is 17.4 Å². The van der Waals surface area contributed by atoms with E-state index in [0.29, 0.717) is 5.75 Å².